The Kier molecular flexibility index (Phi) is 81.1. The molecule has 0 aliphatic heterocycles. The van der Waals surface area contributed by atoms with E-state index in [0.29, 0.717) is 25.7 Å². The number of rotatable bonds is 90. The Morgan fingerprint density at radius 3 is 0.624 bits per heavy atom. The zero-order chi connectivity index (χ0) is 79.7. The molecule has 0 aromatic heterocycles. The molecule has 0 aromatic carbocycles. The average Bonchev–Trinajstić information content (AvgIpc) is 0.901. The predicted molar refractivity (Wildman–Crippen MR) is 451 cm³/mol. The molecule has 19 heteroatoms. The molecule has 0 fully saturated rings. The van der Waals surface area contributed by atoms with Crippen molar-refractivity contribution in [3.63, 3.8) is 0 Å². The third-order valence-corrected chi connectivity index (χ3v) is 23.2. The van der Waals surface area contributed by atoms with Crippen LogP contribution in [-0.2, 0) is 65.4 Å². The van der Waals surface area contributed by atoms with Gasteiger partial charge in [-0.1, -0.05) is 439 Å². The fraction of sp³-hybridized carbons (Fsp3) is 0.956. The van der Waals surface area contributed by atoms with Gasteiger partial charge in [0.15, 0.2) is 12.2 Å². The molecule has 648 valence electrons. The van der Waals surface area contributed by atoms with Gasteiger partial charge in [-0.05, 0) is 31.6 Å². The molecule has 0 spiro atoms. The third-order valence-electron chi connectivity index (χ3n) is 21.3. The summed E-state index contributed by atoms with van der Waals surface area (Å²) in [7, 11) is -9.93. The van der Waals surface area contributed by atoms with Crippen molar-refractivity contribution in [3.05, 3.63) is 0 Å². The monoisotopic (exact) mass is 1590 g/mol. The Balaban J connectivity index is 5.22. The number of phosphoric acid groups is 2. The lowest BCUT2D eigenvalue weighted by Crippen LogP contribution is -2.30. The molecule has 3 N–H and O–H groups in total. The van der Waals surface area contributed by atoms with Crippen LogP contribution < -0.4 is 0 Å². The van der Waals surface area contributed by atoms with E-state index >= 15 is 0 Å². The first-order valence-corrected chi connectivity index (χ1v) is 49.6. The van der Waals surface area contributed by atoms with Crippen LogP contribution in [-0.4, -0.2) is 96.7 Å². The number of ether oxygens (including phenoxy) is 4. The molecule has 0 amide bonds. The van der Waals surface area contributed by atoms with Crippen molar-refractivity contribution < 1.29 is 80.2 Å². The zero-order valence-electron chi connectivity index (χ0n) is 71.7. The maximum atomic E-state index is 13.2. The molecular formula is C90H176O17P2. The molecular weight excluding hydrogens is 1410 g/mol. The number of aliphatic hydroxyl groups is 1. The van der Waals surface area contributed by atoms with E-state index in [1.165, 1.54) is 315 Å². The minimum atomic E-state index is -4.97. The number of hydrogen-bond acceptors (Lipinski definition) is 15. The SMILES string of the molecule is CCCCCCCCCCCCCCCCCCCCCCCC(=O)OC[C@H](COP(=O)(O)OC[C@@H](O)COP(=O)(O)OC[C@@H](COC(=O)CCCCCCCCCCCCC)OC(=O)CCCCCCCCCCCCCCCCCC)OC(=O)CCCCCCCCCCCCCCCCCCCCC(C)C. The summed E-state index contributed by atoms with van der Waals surface area (Å²) in [4.78, 5) is 73.4. The van der Waals surface area contributed by atoms with E-state index in [-0.39, 0.29) is 25.7 Å². The van der Waals surface area contributed by atoms with Gasteiger partial charge < -0.3 is 33.8 Å². The fourth-order valence-corrected chi connectivity index (χ4v) is 15.8. The van der Waals surface area contributed by atoms with Crippen LogP contribution in [0.5, 0.6) is 0 Å². The molecule has 0 aliphatic rings. The summed E-state index contributed by atoms with van der Waals surface area (Å²) in [6.07, 6.45) is 77.8. The lowest BCUT2D eigenvalue weighted by Gasteiger charge is -2.21. The van der Waals surface area contributed by atoms with Gasteiger partial charge in [-0.3, -0.25) is 37.3 Å². The molecule has 0 heterocycles. The quantitative estimate of drug-likeness (QED) is 0.0222. The lowest BCUT2D eigenvalue weighted by atomic mass is 10.0. The number of esters is 4. The Morgan fingerprint density at radius 2 is 0.422 bits per heavy atom. The summed E-state index contributed by atoms with van der Waals surface area (Å²) in [6, 6.07) is 0. The van der Waals surface area contributed by atoms with Crippen molar-refractivity contribution in [3.8, 4) is 0 Å². The van der Waals surface area contributed by atoms with Crippen LogP contribution in [0.4, 0.5) is 0 Å². The van der Waals surface area contributed by atoms with Crippen LogP contribution >= 0.6 is 15.6 Å². The van der Waals surface area contributed by atoms with Gasteiger partial charge >= 0.3 is 39.5 Å². The van der Waals surface area contributed by atoms with Crippen molar-refractivity contribution in [2.45, 2.75) is 509 Å². The van der Waals surface area contributed by atoms with Crippen molar-refractivity contribution in [2.75, 3.05) is 39.6 Å². The van der Waals surface area contributed by atoms with Gasteiger partial charge in [0.05, 0.1) is 26.4 Å². The van der Waals surface area contributed by atoms with Crippen LogP contribution in [0.25, 0.3) is 0 Å². The van der Waals surface area contributed by atoms with Gasteiger partial charge in [-0.15, -0.1) is 0 Å². The lowest BCUT2D eigenvalue weighted by molar-refractivity contribution is -0.161. The Labute approximate surface area is 670 Å². The van der Waals surface area contributed by atoms with Crippen LogP contribution in [0.3, 0.4) is 0 Å². The topological polar surface area (TPSA) is 237 Å². The Bertz CT molecular complexity index is 2070. The molecule has 0 saturated heterocycles. The first-order chi connectivity index (χ1) is 53.0. The molecule has 2 unspecified atom stereocenters. The molecule has 5 atom stereocenters. The fourth-order valence-electron chi connectivity index (χ4n) is 14.2. The molecule has 0 radical (unpaired) electrons. The van der Waals surface area contributed by atoms with Crippen LogP contribution in [0, 0.1) is 5.92 Å². The van der Waals surface area contributed by atoms with Gasteiger partial charge in [-0.2, -0.15) is 0 Å². The molecule has 0 rings (SSSR count). The van der Waals surface area contributed by atoms with Crippen LogP contribution in [0.2, 0.25) is 0 Å². The van der Waals surface area contributed by atoms with E-state index in [0.717, 1.165) is 95.8 Å². The standard InChI is InChI=1S/C90H176O17P2/c1-6-9-12-15-18-21-24-26-28-30-31-32-33-37-41-44-49-54-59-64-69-74-88(93)101-80-86(107-90(95)76-71-66-61-56-51-46-42-38-35-34-36-39-43-48-52-57-62-67-72-83(4)5)82-105-109(98,99)103-78-84(91)77-102-108(96,97)104-81-85(79-100-87(92)73-68-63-58-53-47-23-20-17-14-11-8-3)106-89(94)75-70-65-60-55-50-45-40-29-27-25-22-19-16-13-10-7-2/h83-86,91H,6-82H2,1-5H3,(H,96,97)(H,98,99)/t84-,85+,86+/m0/s1. The number of aliphatic hydroxyl groups excluding tert-OH is 1. The summed E-state index contributed by atoms with van der Waals surface area (Å²) in [5.41, 5.74) is 0. The zero-order valence-corrected chi connectivity index (χ0v) is 73.5. The summed E-state index contributed by atoms with van der Waals surface area (Å²) in [5, 5.41) is 10.7. The first-order valence-electron chi connectivity index (χ1n) is 46.6. The van der Waals surface area contributed by atoms with Crippen LogP contribution in [0.15, 0.2) is 0 Å². The highest BCUT2D eigenvalue weighted by Gasteiger charge is 2.31. The van der Waals surface area contributed by atoms with Crippen LogP contribution in [0.1, 0.15) is 490 Å². The molecule has 0 aromatic rings. The first kappa shape index (κ1) is 107. The highest BCUT2D eigenvalue weighted by Crippen LogP contribution is 2.45. The summed E-state index contributed by atoms with van der Waals surface area (Å²) < 4.78 is 69.0. The summed E-state index contributed by atoms with van der Waals surface area (Å²) in [6.45, 7) is 7.42. The Hall–Kier alpha value is -1.94. The molecule has 109 heavy (non-hydrogen) atoms. The second-order valence-corrected chi connectivity index (χ2v) is 35.7. The van der Waals surface area contributed by atoms with E-state index in [9.17, 15) is 43.2 Å². The van der Waals surface area contributed by atoms with Gasteiger partial charge in [0.2, 0.25) is 0 Å². The second kappa shape index (κ2) is 82.6. The summed E-state index contributed by atoms with van der Waals surface area (Å²) in [5.74, 6) is -1.27. The van der Waals surface area contributed by atoms with Crippen molar-refractivity contribution in [2.24, 2.45) is 5.92 Å². The van der Waals surface area contributed by atoms with E-state index in [4.69, 9.17) is 37.0 Å². The van der Waals surface area contributed by atoms with E-state index in [1.54, 1.807) is 0 Å². The predicted octanol–water partition coefficient (Wildman–Crippen LogP) is 27.9. The van der Waals surface area contributed by atoms with Crippen molar-refractivity contribution >= 4 is 39.5 Å². The molecule has 17 nitrogen and oxygen atoms in total. The molecule has 0 aliphatic carbocycles. The van der Waals surface area contributed by atoms with E-state index in [2.05, 4.69) is 34.6 Å². The maximum Gasteiger partial charge on any atom is 0.472 e. The highest BCUT2D eigenvalue weighted by molar-refractivity contribution is 7.47. The second-order valence-electron chi connectivity index (χ2n) is 32.8. The largest absolute Gasteiger partial charge is 0.472 e. The number of phosphoric ester groups is 2. The van der Waals surface area contributed by atoms with Gasteiger partial charge in [0.25, 0.3) is 0 Å². The van der Waals surface area contributed by atoms with Crippen molar-refractivity contribution in [1.29, 1.82) is 0 Å². The minimum Gasteiger partial charge on any atom is -0.462 e. The third kappa shape index (κ3) is 83.8. The Morgan fingerprint density at radius 1 is 0.248 bits per heavy atom. The number of unbranched alkanes of at least 4 members (excludes halogenated alkanes) is 62. The number of carbonyl (C=O) groups excluding carboxylic acids is 4. The summed E-state index contributed by atoms with van der Waals surface area (Å²) >= 11 is 0. The minimum absolute atomic E-state index is 0.109. The highest BCUT2D eigenvalue weighted by atomic mass is 31.2. The van der Waals surface area contributed by atoms with Gasteiger partial charge in [0.1, 0.15) is 19.3 Å². The average molecular weight is 1590 g/mol. The van der Waals surface area contributed by atoms with Crippen molar-refractivity contribution in [1.82, 2.24) is 0 Å². The van der Waals surface area contributed by atoms with Gasteiger partial charge in [0, 0.05) is 25.7 Å². The van der Waals surface area contributed by atoms with Gasteiger partial charge in [-0.25, -0.2) is 9.13 Å². The van der Waals surface area contributed by atoms with E-state index < -0.39 is 97.5 Å². The normalized spacial score (nSPS) is 13.7. The number of hydrogen-bond donors (Lipinski definition) is 3. The smallest absolute Gasteiger partial charge is 0.462 e. The van der Waals surface area contributed by atoms with E-state index in [1.807, 2.05) is 0 Å². The molecule has 0 saturated carbocycles. The maximum absolute atomic E-state index is 13.2. The number of carbonyl (C=O) groups is 4. The molecule has 0 bridgehead atoms.